The highest BCUT2D eigenvalue weighted by Crippen LogP contribution is 2.29. The normalized spacial score (nSPS) is 17.2. The van der Waals surface area contributed by atoms with Gasteiger partial charge in [-0.05, 0) is 48.9 Å². The molecule has 2 amide bonds. The van der Waals surface area contributed by atoms with Crippen LogP contribution in [0.5, 0.6) is 0 Å². The lowest BCUT2D eigenvalue weighted by molar-refractivity contribution is 0.0572. The Labute approximate surface area is 195 Å². The van der Waals surface area contributed by atoms with Crippen molar-refractivity contribution >= 4 is 22.6 Å². The largest absolute Gasteiger partial charge is 0.301 e. The quantitative estimate of drug-likeness (QED) is 0.390. The van der Waals surface area contributed by atoms with Crippen LogP contribution in [0.3, 0.4) is 0 Å². The number of hydrogen-bond acceptors (Lipinski definition) is 4. The van der Waals surface area contributed by atoms with Gasteiger partial charge in [-0.2, -0.15) is 0 Å². The minimum atomic E-state index is -0.165. The molecule has 170 valence electrons. The second-order valence-electron chi connectivity index (χ2n) is 9.10. The van der Waals surface area contributed by atoms with Crippen molar-refractivity contribution in [3.05, 3.63) is 83.4 Å². The van der Waals surface area contributed by atoms with Gasteiger partial charge in [0.25, 0.3) is 11.8 Å². The Hall–Kier alpha value is -3.02. The molecule has 1 saturated heterocycles. The van der Waals surface area contributed by atoms with E-state index in [1.54, 1.807) is 0 Å². The van der Waals surface area contributed by atoms with Gasteiger partial charge < -0.3 is 4.90 Å². The summed E-state index contributed by atoms with van der Waals surface area (Å²) < 4.78 is 0. The van der Waals surface area contributed by atoms with Crippen molar-refractivity contribution in [1.29, 1.82) is 0 Å². The molecule has 3 aromatic rings. The van der Waals surface area contributed by atoms with Crippen molar-refractivity contribution in [3.63, 3.8) is 0 Å². The van der Waals surface area contributed by atoms with Crippen LogP contribution in [0, 0.1) is 0 Å². The van der Waals surface area contributed by atoms with Crippen molar-refractivity contribution in [2.24, 2.45) is 0 Å². The van der Waals surface area contributed by atoms with E-state index >= 15 is 0 Å². The summed E-state index contributed by atoms with van der Waals surface area (Å²) in [6, 6.07) is 22.1. The van der Waals surface area contributed by atoms with Gasteiger partial charge in [0, 0.05) is 55.8 Å². The maximum absolute atomic E-state index is 13.1. The molecule has 2 aliphatic rings. The van der Waals surface area contributed by atoms with E-state index in [1.165, 1.54) is 23.3 Å². The molecule has 5 heteroatoms. The topological polar surface area (TPSA) is 43.9 Å². The van der Waals surface area contributed by atoms with Crippen LogP contribution in [-0.4, -0.2) is 72.3 Å². The van der Waals surface area contributed by atoms with Crippen LogP contribution in [0.15, 0.2) is 66.7 Å². The van der Waals surface area contributed by atoms with E-state index in [0.717, 1.165) is 56.5 Å². The third-order valence-electron chi connectivity index (χ3n) is 6.99. The van der Waals surface area contributed by atoms with Crippen molar-refractivity contribution in [1.82, 2.24) is 14.7 Å². The molecule has 5 nitrogen and oxygen atoms in total. The summed E-state index contributed by atoms with van der Waals surface area (Å²) in [5.74, 6) is -0.331. The zero-order valence-electron chi connectivity index (χ0n) is 19.1. The molecule has 0 aliphatic carbocycles. The number of carbonyl (C=O) groups is 2. The van der Waals surface area contributed by atoms with Gasteiger partial charge in [0.05, 0.1) is 0 Å². The number of piperazine rings is 1. The van der Waals surface area contributed by atoms with Crippen LogP contribution in [0.2, 0.25) is 0 Å². The van der Waals surface area contributed by atoms with Crippen molar-refractivity contribution in [2.75, 3.05) is 45.8 Å². The molecule has 0 bridgehead atoms. The highest BCUT2D eigenvalue weighted by atomic mass is 16.2. The van der Waals surface area contributed by atoms with E-state index in [4.69, 9.17) is 0 Å². The maximum atomic E-state index is 13.1. The molecule has 1 fully saturated rings. The summed E-state index contributed by atoms with van der Waals surface area (Å²) in [4.78, 5) is 32.5. The first-order valence-electron chi connectivity index (χ1n) is 12.1. The predicted octanol–water partition coefficient (Wildman–Crippen LogP) is 4.08. The first-order chi connectivity index (χ1) is 16.2. The Bertz CT molecular complexity index is 1090. The standard InChI is InChI=1S/C28H31N3O2/c32-27-24-13-6-11-23-12-7-14-25(26(23)24)28(33)31(27)21-20-30-18-16-29(17-19-30)15-5-4-10-22-8-2-1-3-9-22/h1-3,6-9,11-14H,4-5,10,15-21H2. The fraction of sp³-hybridized carbons (Fsp3) is 0.357. The monoisotopic (exact) mass is 441 g/mol. The van der Waals surface area contributed by atoms with Gasteiger partial charge in [0.15, 0.2) is 0 Å². The number of unbranched alkanes of at least 4 members (excludes halogenated alkanes) is 1. The second kappa shape index (κ2) is 9.86. The first-order valence-corrected chi connectivity index (χ1v) is 12.1. The average molecular weight is 442 g/mol. The lowest BCUT2D eigenvalue weighted by Crippen LogP contribution is -2.50. The Morgan fingerprint density at radius 3 is 1.85 bits per heavy atom. The summed E-state index contributed by atoms with van der Waals surface area (Å²) in [5.41, 5.74) is 2.70. The SMILES string of the molecule is O=C1c2cccc3cccc(c23)C(=O)N1CCN1CCN(CCCCc2ccccc2)CC1. The number of carbonyl (C=O) groups excluding carboxylic acids is 2. The second-order valence-corrected chi connectivity index (χ2v) is 9.10. The molecule has 33 heavy (non-hydrogen) atoms. The van der Waals surface area contributed by atoms with Gasteiger partial charge in [0.2, 0.25) is 0 Å². The average Bonchev–Trinajstić information content (AvgIpc) is 2.86. The maximum Gasteiger partial charge on any atom is 0.261 e. The lowest BCUT2D eigenvalue weighted by Gasteiger charge is -2.36. The van der Waals surface area contributed by atoms with Crippen LogP contribution in [0.4, 0.5) is 0 Å². The Morgan fingerprint density at radius 2 is 1.21 bits per heavy atom. The van der Waals surface area contributed by atoms with Crippen LogP contribution in [0.1, 0.15) is 39.1 Å². The summed E-state index contributed by atoms with van der Waals surface area (Å²) in [6.07, 6.45) is 3.59. The van der Waals surface area contributed by atoms with Crippen LogP contribution in [-0.2, 0) is 6.42 Å². The predicted molar refractivity (Wildman–Crippen MR) is 132 cm³/mol. The van der Waals surface area contributed by atoms with Crippen molar-refractivity contribution in [2.45, 2.75) is 19.3 Å². The Balaban J connectivity index is 1.09. The number of rotatable bonds is 8. The molecule has 0 atom stereocenters. The zero-order valence-corrected chi connectivity index (χ0v) is 19.1. The fourth-order valence-electron chi connectivity index (χ4n) is 5.07. The van der Waals surface area contributed by atoms with E-state index in [9.17, 15) is 9.59 Å². The smallest absolute Gasteiger partial charge is 0.261 e. The van der Waals surface area contributed by atoms with Gasteiger partial charge in [-0.25, -0.2) is 0 Å². The van der Waals surface area contributed by atoms with Gasteiger partial charge in [0.1, 0.15) is 0 Å². The first kappa shape index (κ1) is 21.8. The van der Waals surface area contributed by atoms with Gasteiger partial charge in [-0.15, -0.1) is 0 Å². The molecule has 0 unspecified atom stereocenters. The van der Waals surface area contributed by atoms with Gasteiger partial charge in [-0.3, -0.25) is 19.4 Å². The molecular formula is C28H31N3O2. The molecule has 2 heterocycles. The van der Waals surface area contributed by atoms with E-state index in [0.29, 0.717) is 17.7 Å². The number of benzene rings is 3. The number of imide groups is 1. The van der Waals surface area contributed by atoms with Crippen molar-refractivity contribution < 1.29 is 9.59 Å². The van der Waals surface area contributed by atoms with E-state index in [2.05, 4.69) is 40.1 Å². The fourth-order valence-corrected chi connectivity index (χ4v) is 5.07. The molecule has 0 spiro atoms. The molecule has 3 aromatic carbocycles. The highest BCUT2D eigenvalue weighted by Gasteiger charge is 2.32. The number of hydrogen-bond donors (Lipinski definition) is 0. The minimum absolute atomic E-state index is 0.165. The molecular weight excluding hydrogens is 410 g/mol. The zero-order chi connectivity index (χ0) is 22.6. The Morgan fingerprint density at radius 1 is 0.606 bits per heavy atom. The third kappa shape index (κ3) is 4.70. The minimum Gasteiger partial charge on any atom is -0.301 e. The highest BCUT2D eigenvalue weighted by molar-refractivity contribution is 6.25. The van der Waals surface area contributed by atoms with Crippen molar-refractivity contribution in [3.8, 4) is 0 Å². The van der Waals surface area contributed by atoms with E-state index in [1.807, 2.05) is 36.4 Å². The van der Waals surface area contributed by atoms with Crippen LogP contribution in [0.25, 0.3) is 10.8 Å². The molecule has 5 rings (SSSR count). The Kier molecular flexibility index (Phi) is 6.51. The molecule has 0 N–H and O–H groups in total. The summed E-state index contributed by atoms with van der Waals surface area (Å²) in [7, 11) is 0. The number of amides is 2. The molecule has 0 aromatic heterocycles. The molecule has 0 radical (unpaired) electrons. The van der Waals surface area contributed by atoms with E-state index in [-0.39, 0.29) is 11.8 Å². The van der Waals surface area contributed by atoms with Crippen LogP contribution >= 0.6 is 0 Å². The number of nitrogens with zero attached hydrogens (tertiary/aromatic N) is 3. The van der Waals surface area contributed by atoms with Gasteiger partial charge >= 0.3 is 0 Å². The summed E-state index contributed by atoms with van der Waals surface area (Å²) in [6.45, 7) is 6.40. The molecule has 2 aliphatic heterocycles. The third-order valence-corrected chi connectivity index (χ3v) is 6.99. The summed E-state index contributed by atoms with van der Waals surface area (Å²) >= 11 is 0. The van der Waals surface area contributed by atoms with E-state index < -0.39 is 0 Å². The molecule has 0 saturated carbocycles. The number of aryl methyl sites for hydroxylation is 1. The lowest BCUT2D eigenvalue weighted by atomic mass is 9.94. The van der Waals surface area contributed by atoms with Gasteiger partial charge in [-0.1, -0.05) is 54.6 Å². The summed E-state index contributed by atoms with van der Waals surface area (Å²) in [5, 5.41) is 1.75. The van der Waals surface area contributed by atoms with Crippen LogP contribution < -0.4 is 0 Å².